The maximum Gasteiger partial charge on any atom is 0.141 e. The Morgan fingerprint density at radius 2 is 1.81 bits per heavy atom. The molecule has 3 aromatic heterocycles. The minimum atomic E-state index is -1.03. The fourth-order valence-electron chi connectivity index (χ4n) is 5.38. The van der Waals surface area contributed by atoms with Crippen molar-refractivity contribution in [2.45, 2.75) is 91.6 Å². The average molecular weight is 504 g/mol. The molecule has 0 radical (unpaired) electrons. The van der Waals surface area contributed by atoms with Gasteiger partial charge in [0, 0.05) is 35.6 Å². The molecule has 0 spiro atoms. The number of hydrogen-bond donors (Lipinski definition) is 0. The molecule has 5 nitrogen and oxygen atoms in total. The Morgan fingerprint density at radius 1 is 1.11 bits per heavy atom. The van der Waals surface area contributed by atoms with E-state index in [1.54, 1.807) is 6.92 Å². The highest BCUT2D eigenvalue weighted by molar-refractivity contribution is 5.95. The van der Waals surface area contributed by atoms with Gasteiger partial charge in [0.2, 0.25) is 0 Å². The Kier molecular flexibility index (Phi) is 6.73. The quantitative estimate of drug-likeness (QED) is 0.266. The van der Waals surface area contributed by atoms with Crippen LogP contribution in [0.15, 0.2) is 47.2 Å². The van der Waals surface area contributed by atoms with Gasteiger partial charge in [-0.15, -0.1) is 0 Å². The Bertz CT molecular complexity index is 1360. The topological polar surface area (TPSA) is 53.1 Å². The third kappa shape index (κ3) is 5.64. The van der Waals surface area contributed by atoms with Crippen molar-refractivity contribution < 1.29 is 13.7 Å². The zero-order chi connectivity index (χ0) is 26.4. The van der Waals surface area contributed by atoms with Crippen LogP contribution in [-0.4, -0.2) is 26.0 Å². The molecular formula is C31H38FN3O2. The number of hydrogen-bond acceptors (Lipinski definition) is 4. The second kappa shape index (κ2) is 9.71. The van der Waals surface area contributed by atoms with Crippen molar-refractivity contribution >= 4 is 11.0 Å². The predicted octanol–water partition coefficient (Wildman–Crippen LogP) is 8.21. The fourth-order valence-corrected chi connectivity index (χ4v) is 5.38. The first-order chi connectivity index (χ1) is 17.5. The van der Waals surface area contributed by atoms with Crippen molar-refractivity contribution in [2.75, 3.05) is 0 Å². The second-order valence-corrected chi connectivity index (χ2v) is 11.9. The first-order valence-electron chi connectivity index (χ1n) is 13.3. The van der Waals surface area contributed by atoms with Crippen LogP contribution in [0.1, 0.15) is 70.4 Å². The van der Waals surface area contributed by atoms with Crippen molar-refractivity contribution in [1.29, 1.82) is 0 Å². The van der Waals surface area contributed by atoms with E-state index in [2.05, 4.69) is 67.0 Å². The van der Waals surface area contributed by atoms with Crippen LogP contribution in [0.3, 0.4) is 0 Å². The van der Waals surface area contributed by atoms with Crippen molar-refractivity contribution in [3.63, 3.8) is 0 Å². The van der Waals surface area contributed by atoms with Crippen LogP contribution < -0.4 is 0 Å². The molecule has 0 saturated heterocycles. The standard InChI is InChI=1S/C31H38FN3O2/c1-20-28(21(2)37-34-20)25-15-27-29(33-16-25)26(18-35(27)17-22-11-13-31(6,32)14-12-22)24-9-7-23(8-10-24)19-36-30(3,4)5/h7-10,15-16,18,22H,11-14,17,19H2,1-6H3. The van der Waals surface area contributed by atoms with Gasteiger partial charge in [-0.2, -0.15) is 0 Å². The lowest BCUT2D eigenvalue weighted by Crippen LogP contribution is -2.27. The Morgan fingerprint density at radius 3 is 2.43 bits per heavy atom. The zero-order valence-electron chi connectivity index (χ0n) is 22.9. The molecule has 1 aliphatic rings. The van der Waals surface area contributed by atoms with Crippen LogP contribution in [0.4, 0.5) is 4.39 Å². The summed E-state index contributed by atoms with van der Waals surface area (Å²) in [5.74, 6) is 1.24. The lowest BCUT2D eigenvalue weighted by Gasteiger charge is -2.31. The van der Waals surface area contributed by atoms with E-state index in [0.717, 1.165) is 69.7 Å². The Labute approximate surface area is 219 Å². The average Bonchev–Trinajstić information content (AvgIpc) is 3.37. The molecule has 4 aromatic rings. The number of benzene rings is 1. The van der Waals surface area contributed by atoms with Crippen LogP contribution in [-0.2, 0) is 17.9 Å². The van der Waals surface area contributed by atoms with E-state index in [9.17, 15) is 4.39 Å². The summed E-state index contributed by atoms with van der Waals surface area (Å²) in [6, 6.07) is 10.8. The van der Waals surface area contributed by atoms with Gasteiger partial charge in [0.1, 0.15) is 11.4 Å². The summed E-state index contributed by atoms with van der Waals surface area (Å²) >= 11 is 0. The largest absolute Gasteiger partial charge is 0.371 e. The van der Waals surface area contributed by atoms with E-state index in [0.29, 0.717) is 25.4 Å². The first-order valence-corrected chi connectivity index (χ1v) is 13.3. The number of ether oxygens (including phenoxy) is 1. The molecule has 5 rings (SSSR count). The molecule has 196 valence electrons. The molecule has 0 unspecified atom stereocenters. The summed E-state index contributed by atoms with van der Waals surface area (Å²) in [5, 5.41) is 4.14. The van der Waals surface area contributed by atoms with Crippen molar-refractivity contribution in [1.82, 2.24) is 14.7 Å². The van der Waals surface area contributed by atoms with Crippen molar-refractivity contribution in [3.8, 4) is 22.3 Å². The van der Waals surface area contributed by atoms with E-state index in [1.165, 1.54) is 0 Å². The zero-order valence-corrected chi connectivity index (χ0v) is 22.9. The van der Waals surface area contributed by atoms with Crippen LogP contribution >= 0.6 is 0 Å². The lowest BCUT2D eigenvalue weighted by atomic mass is 9.81. The minimum absolute atomic E-state index is 0.173. The Hall–Kier alpha value is -2.99. The number of rotatable bonds is 6. The first kappa shape index (κ1) is 25.7. The SMILES string of the molecule is Cc1noc(C)c1-c1cnc2c(-c3ccc(COC(C)(C)C)cc3)cn(CC3CCC(C)(F)CC3)c2c1. The predicted molar refractivity (Wildman–Crippen MR) is 146 cm³/mol. The van der Waals surface area contributed by atoms with Crippen molar-refractivity contribution in [2.24, 2.45) is 5.92 Å². The van der Waals surface area contributed by atoms with Gasteiger partial charge < -0.3 is 13.8 Å². The molecule has 3 heterocycles. The summed E-state index contributed by atoms with van der Waals surface area (Å²) < 4.78 is 28.2. The maximum absolute atomic E-state index is 14.5. The van der Waals surface area contributed by atoms with E-state index >= 15 is 0 Å². The maximum atomic E-state index is 14.5. The van der Waals surface area contributed by atoms with Gasteiger partial charge in [0.25, 0.3) is 0 Å². The highest BCUT2D eigenvalue weighted by Gasteiger charge is 2.31. The summed E-state index contributed by atoms with van der Waals surface area (Å²) in [7, 11) is 0. The number of alkyl halides is 1. The molecular weight excluding hydrogens is 465 g/mol. The van der Waals surface area contributed by atoms with Gasteiger partial charge in [-0.1, -0.05) is 29.4 Å². The molecule has 0 atom stereocenters. The summed E-state index contributed by atoms with van der Waals surface area (Å²) in [6.45, 7) is 13.3. The van der Waals surface area contributed by atoms with Gasteiger partial charge >= 0.3 is 0 Å². The third-order valence-electron chi connectivity index (χ3n) is 7.58. The monoisotopic (exact) mass is 503 g/mol. The summed E-state index contributed by atoms with van der Waals surface area (Å²) in [5.41, 5.74) is 7.09. The van der Waals surface area contributed by atoms with E-state index in [4.69, 9.17) is 14.2 Å². The third-order valence-corrected chi connectivity index (χ3v) is 7.58. The highest BCUT2D eigenvalue weighted by atomic mass is 19.1. The Balaban J connectivity index is 1.51. The van der Waals surface area contributed by atoms with Gasteiger partial charge in [0.15, 0.2) is 0 Å². The lowest BCUT2D eigenvalue weighted by molar-refractivity contribution is -0.0149. The number of aryl methyl sites for hydroxylation is 2. The van der Waals surface area contributed by atoms with E-state index in [1.807, 2.05) is 20.0 Å². The molecule has 0 bridgehead atoms. The molecule has 0 aliphatic heterocycles. The van der Waals surface area contributed by atoms with E-state index < -0.39 is 5.67 Å². The van der Waals surface area contributed by atoms with E-state index in [-0.39, 0.29) is 5.60 Å². The van der Waals surface area contributed by atoms with Crippen molar-refractivity contribution in [3.05, 3.63) is 59.7 Å². The van der Waals surface area contributed by atoms with Crippen LogP contribution in [0.25, 0.3) is 33.3 Å². The van der Waals surface area contributed by atoms with Crippen LogP contribution in [0.2, 0.25) is 0 Å². The highest BCUT2D eigenvalue weighted by Crippen LogP contribution is 2.38. The smallest absolute Gasteiger partial charge is 0.141 e. The summed E-state index contributed by atoms with van der Waals surface area (Å²) in [4.78, 5) is 4.95. The molecule has 0 amide bonds. The normalized spacial score (nSPS) is 20.6. The van der Waals surface area contributed by atoms with Crippen LogP contribution in [0.5, 0.6) is 0 Å². The minimum Gasteiger partial charge on any atom is -0.371 e. The molecule has 6 heteroatoms. The molecule has 1 aliphatic carbocycles. The number of pyridine rings is 1. The fraction of sp³-hybridized carbons (Fsp3) is 0.484. The van der Waals surface area contributed by atoms with Gasteiger partial charge in [-0.05, 0) is 90.3 Å². The summed E-state index contributed by atoms with van der Waals surface area (Å²) in [6.07, 6.45) is 7.21. The van der Waals surface area contributed by atoms with Crippen LogP contribution in [0, 0.1) is 19.8 Å². The number of halogens is 1. The molecule has 1 saturated carbocycles. The van der Waals surface area contributed by atoms with Gasteiger partial charge in [-0.3, -0.25) is 4.98 Å². The van der Waals surface area contributed by atoms with Gasteiger partial charge in [0.05, 0.1) is 28.9 Å². The number of aromatic nitrogens is 3. The molecule has 0 N–H and O–H groups in total. The number of fused-ring (bicyclic) bond motifs is 1. The number of nitrogens with zero attached hydrogens (tertiary/aromatic N) is 3. The molecule has 37 heavy (non-hydrogen) atoms. The molecule has 1 aromatic carbocycles. The molecule has 1 fully saturated rings. The van der Waals surface area contributed by atoms with Gasteiger partial charge in [-0.25, -0.2) is 4.39 Å². The second-order valence-electron chi connectivity index (χ2n) is 11.9.